The number of rotatable bonds is 4. The van der Waals surface area contributed by atoms with Crippen molar-refractivity contribution in [3.05, 3.63) is 58.3 Å². The van der Waals surface area contributed by atoms with Crippen LogP contribution in [0.3, 0.4) is 0 Å². The first kappa shape index (κ1) is 15.5. The highest BCUT2D eigenvalue weighted by Gasteiger charge is 2.23. The topological polar surface area (TPSA) is 46.3 Å². The van der Waals surface area contributed by atoms with Crippen LogP contribution in [0, 0.1) is 5.82 Å². The number of nitrogens with two attached hydrogens (primary N) is 1. The number of nitrogens with zero attached hydrogens (tertiary/aromatic N) is 1. The summed E-state index contributed by atoms with van der Waals surface area (Å²) in [5.41, 5.74) is 7.06. The van der Waals surface area contributed by atoms with Gasteiger partial charge < -0.3 is 10.6 Å². The second kappa shape index (κ2) is 6.72. The first-order valence-corrected chi connectivity index (χ1v) is 7.46. The summed E-state index contributed by atoms with van der Waals surface area (Å²) in [6, 6.07) is 11.6. The van der Waals surface area contributed by atoms with Gasteiger partial charge in [-0.05, 0) is 46.6 Å². The summed E-state index contributed by atoms with van der Waals surface area (Å²) in [5.74, 6) is -0.954. The first-order valence-electron chi connectivity index (χ1n) is 6.66. The molecular formula is C16H16BrFN2O. The third-order valence-electron chi connectivity index (χ3n) is 3.10. The molecule has 110 valence electrons. The monoisotopic (exact) mass is 350 g/mol. The Morgan fingerprint density at radius 1 is 1.24 bits per heavy atom. The zero-order chi connectivity index (χ0) is 15.4. The summed E-state index contributed by atoms with van der Waals surface area (Å²) in [4.78, 5) is 14.2. The lowest BCUT2D eigenvalue weighted by Crippen LogP contribution is -2.33. The van der Waals surface area contributed by atoms with E-state index in [1.54, 1.807) is 36.4 Å². The van der Waals surface area contributed by atoms with Gasteiger partial charge in [0.2, 0.25) is 0 Å². The minimum absolute atomic E-state index is 0.0224. The lowest BCUT2D eigenvalue weighted by molar-refractivity contribution is 0.0982. The van der Waals surface area contributed by atoms with Crippen LogP contribution < -0.4 is 10.6 Å². The Hall–Kier alpha value is -1.88. The molecule has 5 heteroatoms. The molecular weight excluding hydrogens is 335 g/mol. The summed E-state index contributed by atoms with van der Waals surface area (Å²) in [5, 5.41) is 0. The van der Waals surface area contributed by atoms with Gasteiger partial charge in [0.05, 0.1) is 16.9 Å². The highest BCUT2D eigenvalue weighted by atomic mass is 79.9. The van der Waals surface area contributed by atoms with E-state index in [-0.39, 0.29) is 5.56 Å². The summed E-state index contributed by atoms with van der Waals surface area (Å²) < 4.78 is 14.4. The fourth-order valence-electron chi connectivity index (χ4n) is 2.13. The van der Waals surface area contributed by atoms with Crippen molar-refractivity contribution in [2.75, 3.05) is 17.2 Å². The number of carbonyl (C=O) groups excluding carboxylic acids is 1. The predicted molar refractivity (Wildman–Crippen MR) is 86.9 cm³/mol. The number of para-hydroxylation sites is 2. The van der Waals surface area contributed by atoms with Gasteiger partial charge in [0.15, 0.2) is 0 Å². The summed E-state index contributed by atoms with van der Waals surface area (Å²) in [6.07, 6.45) is 0.742. The number of benzene rings is 2. The van der Waals surface area contributed by atoms with Gasteiger partial charge in [-0.25, -0.2) is 4.39 Å². The van der Waals surface area contributed by atoms with E-state index in [9.17, 15) is 9.18 Å². The zero-order valence-electron chi connectivity index (χ0n) is 11.6. The van der Waals surface area contributed by atoms with E-state index in [0.29, 0.717) is 22.4 Å². The van der Waals surface area contributed by atoms with E-state index in [0.717, 1.165) is 6.42 Å². The van der Waals surface area contributed by atoms with Crippen molar-refractivity contribution in [3.63, 3.8) is 0 Å². The molecule has 2 aromatic carbocycles. The summed E-state index contributed by atoms with van der Waals surface area (Å²) in [7, 11) is 0. The minimum Gasteiger partial charge on any atom is -0.397 e. The molecule has 3 nitrogen and oxygen atoms in total. The van der Waals surface area contributed by atoms with Crippen LogP contribution in [0.2, 0.25) is 0 Å². The van der Waals surface area contributed by atoms with Gasteiger partial charge in [-0.15, -0.1) is 0 Å². The van der Waals surface area contributed by atoms with Gasteiger partial charge in [0, 0.05) is 11.0 Å². The Morgan fingerprint density at radius 2 is 1.95 bits per heavy atom. The number of anilines is 2. The Morgan fingerprint density at radius 3 is 2.57 bits per heavy atom. The number of hydrogen-bond acceptors (Lipinski definition) is 2. The summed E-state index contributed by atoms with van der Waals surface area (Å²) >= 11 is 3.24. The van der Waals surface area contributed by atoms with Crippen molar-refractivity contribution in [2.24, 2.45) is 0 Å². The Kier molecular flexibility index (Phi) is 4.96. The van der Waals surface area contributed by atoms with E-state index in [1.807, 2.05) is 6.92 Å². The third kappa shape index (κ3) is 3.24. The molecule has 0 saturated carbocycles. The van der Waals surface area contributed by atoms with Gasteiger partial charge in [-0.1, -0.05) is 25.1 Å². The quantitative estimate of drug-likeness (QED) is 0.838. The molecule has 0 bridgehead atoms. The Balaban J connectivity index is 2.48. The molecule has 0 aromatic heterocycles. The van der Waals surface area contributed by atoms with E-state index < -0.39 is 11.7 Å². The Bertz CT molecular complexity index is 640. The summed E-state index contributed by atoms with van der Waals surface area (Å²) in [6.45, 7) is 2.42. The van der Waals surface area contributed by atoms with Crippen molar-refractivity contribution in [3.8, 4) is 0 Å². The van der Waals surface area contributed by atoms with Crippen molar-refractivity contribution >= 4 is 33.2 Å². The molecule has 1 amide bonds. The third-order valence-corrected chi connectivity index (χ3v) is 3.76. The number of carbonyl (C=O) groups is 1. The van der Waals surface area contributed by atoms with Crippen LogP contribution in [0.4, 0.5) is 15.8 Å². The number of halogens is 2. The highest BCUT2D eigenvalue weighted by Crippen LogP contribution is 2.28. The largest absolute Gasteiger partial charge is 0.397 e. The molecule has 0 aliphatic carbocycles. The highest BCUT2D eigenvalue weighted by molar-refractivity contribution is 9.10. The normalized spacial score (nSPS) is 10.4. The van der Waals surface area contributed by atoms with Crippen molar-refractivity contribution in [2.45, 2.75) is 13.3 Å². The maximum Gasteiger partial charge on any atom is 0.262 e. The predicted octanol–water partition coefficient (Wildman–Crippen LogP) is 4.23. The number of nitrogen functional groups attached to an aromatic ring is 1. The average Bonchev–Trinajstić information content (AvgIpc) is 2.45. The van der Waals surface area contributed by atoms with Gasteiger partial charge in [-0.3, -0.25) is 4.79 Å². The van der Waals surface area contributed by atoms with Crippen LogP contribution in [0.25, 0.3) is 0 Å². The zero-order valence-corrected chi connectivity index (χ0v) is 13.2. The van der Waals surface area contributed by atoms with Gasteiger partial charge in [-0.2, -0.15) is 0 Å². The van der Waals surface area contributed by atoms with Gasteiger partial charge in [0.25, 0.3) is 5.91 Å². The maximum atomic E-state index is 14.0. The van der Waals surface area contributed by atoms with Crippen molar-refractivity contribution in [1.82, 2.24) is 0 Å². The average molecular weight is 351 g/mol. The number of hydrogen-bond donors (Lipinski definition) is 1. The number of amides is 1. The minimum atomic E-state index is -0.551. The van der Waals surface area contributed by atoms with Crippen LogP contribution in [0.15, 0.2) is 46.9 Å². The molecule has 0 aliphatic rings. The molecule has 0 atom stereocenters. The fraction of sp³-hybridized carbons (Fsp3) is 0.188. The van der Waals surface area contributed by atoms with E-state index in [4.69, 9.17) is 5.73 Å². The van der Waals surface area contributed by atoms with E-state index in [2.05, 4.69) is 15.9 Å². The molecule has 21 heavy (non-hydrogen) atoms. The molecule has 0 aliphatic heterocycles. The smallest absolute Gasteiger partial charge is 0.262 e. The molecule has 0 radical (unpaired) electrons. The lowest BCUT2D eigenvalue weighted by atomic mass is 10.1. The van der Waals surface area contributed by atoms with Crippen LogP contribution in [-0.4, -0.2) is 12.5 Å². The van der Waals surface area contributed by atoms with Crippen LogP contribution in [0.1, 0.15) is 23.7 Å². The van der Waals surface area contributed by atoms with Gasteiger partial charge >= 0.3 is 0 Å². The van der Waals surface area contributed by atoms with Crippen LogP contribution >= 0.6 is 15.9 Å². The molecule has 0 spiro atoms. The van der Waals surface area contributed by atoms with Crippen LogP contribution in [-0.2, 0) is 0 Å². The lowest BCUT2D eigenvalue weighted by Gasteiger charge is -2.24. The van der Waals surface area contributed by atoms with Crippen molar-refractivity contribution in [1.29, 1.82) is 0 Å². The molecule has 2 N–H and O–H groups in total. The fourth-order valence-corrected chi connectivity index (χ4v) is 2.64. The SMILES string of the molecule is CCCN(C(=O)c1c(F)cccc1Br)c1ccccc1N. The van der Waals surface area contributed by atoms with Crippen LogP contribution in [0.5, 0.6) is 0 Å². The second-order valence-electron chi connectivity index (χ2n) is 4.61. The molecule has 0 heterocycles. The molecule has 2 aromatic rings. The van der Waals surface area contributed by atoms with E-state index >= 15 is 0 Å². The van der Waals surface area contributed by atoms with E-state index in [1.165, 1.54) is 11.0 Å². The molecule has 0 saturated heterocycles. The van der Waals surface area contributed by atoms with Gasteiger partial charge in [0.1, 0.15) is 5.82 Å². The molecule has 0 unspecified atom stereocenters. The maximum absolute atomic E-state index is 14.0. The first-order chi connectivity index (χ1) is 10.1. The van der Waals surface area contributed by atoms with Crippen molar-refractivity contribution < 1.29 is 9.18 Å². The Labute approximate surface area is 131 Å². The molecule has 2 rings (SSSR count). The second-order valence-corrected chi connectivity index (χ2v) is 5.47. The molecule has 0 fully saturated rings. The standard InChI is InChI=1S/C16H16BrFN2O/c1-2-10-20(14-9-4-3-8-13(14)19)16(21)15-11(17)6-5-7-12(15)18/h3-9H,2,10,19H2,1H3.